The first-order valence-corrected chi connectivity index (χ1v) is 8.99. The summed E-state index contributed by atoms with van der Waals surface area (Å²) in [6.45, 7) is 2.00. The largest absolute Gasteiger partial charge is 0.545 e. The van der Waals surface area contributed by atoms with Crippen molar-refractivity contribution in [3.8, 4) is 11.1 Å². The molecule has 0 radical (unpaired) electrons. The van der Waals surface area contributed by atoms with Crippen LogP contribution in [0.15, 0.2) is 72.8 Å². The molecule has 6 heteroatoms. The van der Waals surface area contributed by atoms with Crippen molar-refractivity contribution in [3.63, 3.8) is 0 Å². The Labute approximate surface area is 167 Å². The molecule has 29 heavy (non-hydrogen) atoms. The predicted octanol–water partition coefficient (Wildman–Crippen LogP) is 3.15. The van der Waals surface area contributed by atoms with Crippen molar-refractivity contribution < 1.29 is 24.2 Å². The van der Waals surface area contributed by atoms with Crippen molar-refractivity contribution in [2.75, 3.05) is 11.9 Å². The van der Waals surface area contributed by atoms with Gasteiger partial charge in [-0.25, -0.2) is 4.79 Å². The predicted molar refractivity (Wildman–Crippen MR) is 107 cm³/mol. The van der Waals surface area contributed by atoms with Crippen LogP contribution < -0.4 is 10.4 Å². The number of anilines is 1. The molecular formula is C23H18NO5-. The minimum absolute atomic E-state index is 0.00606. The van der Waals surface area contributed by atoms with Gasteiger partial charge in [0.2, 0.25) is 0 Å². The molecule has 3 aromatic carbocycles. The Kier molecular flexibility index (Phi) is 6.04. The number of hydrogen-bond acceptors (Lipinski definition) is 5. The number of carbonyl (C=O) groups excluding carboxylic acids is 3. The highest BCUT2D eigenvalue weighted by Gasteiger charge is 2.15. The molecule has 0 aliphatic carbocycles. The van der Waals surface area contributed by atoms with Gasteiger partial charge in [0, 0.05) is 16.8 Å². The highest BCUT2D eigenvalue weighted by Crippen LogP contribution is 2.27. The van der Waals surface area contributed by atoms with Gasteiger partial charge in [0.05, 0.1) is 18.1 Å². The number of hydrogen-bond donors (Lipinski definition) is 1. The molecule has 0 unspecified atom stereocenters. The lowest BCUT2D eigenvalue weighted by Gasteiger charge is -2.14. The third-order valence-electron chi connectivity index (χ3n) is 4.26. The average Bonchev–Trinajstić information content (AvgIpc) is 2.74. The molecule has 0 fully saturated rings. The first kappa shape index (κ1) is 19.8. The van der Waals surface area contributed by atoms with Gasteiger partial charge in [0.15, 0.2) is 0 Å². The lowest BCUT2D eigenvalue weighted by atomic mass is 9.95. The molecule has 6 nitrogen and oxygen atoms in total. The van der Waals surface area contributed by atoms with Crippen LogP contribution in [-0.4, -0.2) is 24.5 Å². The zero-order valence-corrected chi connectivity index (χ0v) is 15.7. The topological polar surface area (TPSA) is 95.5 Å². The van der Waals surface area contributed by atoms with E-state index in [4.69, 9.17) is 4.74 Å². The molecule has 0 saturated carbocycles. The molecule has 0 aromatic heterocycles. The Hall–Kier alpha value is -3.93. The van der Waals surface area contributed by atoms with E-state index >= 15 is 0 Å². The second-order valence-electron chi connectivity index (χ2n) is 6.13. The van der Waals surface area contributed by atoms with E-state index in [1.165, 1.54) is 6.07 Å². The summed E-state index contributed by atoms with van der Waals surface area (Å²) in [5.41, 5.74) is 2.07. The van der Waals surface area contributed by atoms with Crippen LogP contribution in [0, 0.1) is 0 Å². The van der Waals surface area contributed by atoms with E-state index in [0.717, 1.165) is 0 Å². The zero-order valence-electron chi connectivity index (χ0n) is 15.7. The number of carboxylic acids is 1. The molecular weight excluding hydrogens is 370 g/mol. The normalized spacial score (nSPS) is 10.2. The van der Waals surface area contributed by atoms with Gasteiger partial charge in [0.1, 0.15) is 0 Å². The van der Waals surface area contributed by atoms with Crippen LogP contribution in [0.25, 0.3) is 11.1 Å². The first-order chi connectivity index (χ1) is 14.0. The van der Waals surface area contributed by atoms with Crippen LogP contribution in [-0.2, 0) is 4.74 Å². The van der Waals surface area contributed by atoms with Crippen LogP contribution >= 0.6 is 0 Å². The number of amides is 1. The molecule has 1 N–H and O–H groups in total. The SMILES string of the molecule is CCOC(=O)c1ccc(NC(=O)c2ccccc2-c2ccccc2C(=O)[O-])cc1. The van der Waals surface area contributed by atoms with Crippen molar-refractivity contribution in [3.05, 3.63) is 89.5 Å². The van der Waals surface area contributed by atoms with Crippen molar-refractivity contribution in [2.45, 2.75) is 6.92 Å². The number of rotatable bonds is 6. The van der Waals surface area contributed by atoms with Gasteiger partial charge in [-0.3, -0.25) is 4.79 Å². The third kappa shape index (κ3) is 4.50. The van der Waals surface area contributed by atoms with Gasteiger partial charge in [0.25, 0.3) is 5.91 Å². The number of nitrogens with one attached hydrogen (secondary N) is 1. The minimum atomic E-state index is -1.31. The number of esters is 1. The van der Waals surface area contributed by atoms with Crippen molar-refractivity contribution in [2.24, 2.45) is 0 Å². The van der Waals surface area contributed by atoms with Crippen LogP contribution in [0.2, 0.25) is 0 Å². The summed E-state index contributed by atoms with van der Waals surface area (Å²) in [5, 5.41) is 14.2. The second-order valence-corrected chi connectivity index (χ2v) is 6.13. The van der Waals surface area contributed by atoms with E-state index in [0.29, 0.717) is 27.9 Å². The Morgan fingerprint density at radius 1 is 0.828 bits per heavy atom. The second kappa shape index (κ2) is 8.84. The lowest BCUT2D eigenvalue weighted by molar-refractivity contribution is -0.254. The van der Waals surface area contributed by atoms with Crippen LogP contribution in [0.1, 0.15) is 38.0 Å². The lowest BCUT2D eigenvalue weighted by Crippen LogP contribution is -2.23. The minimum Gasteiger partial charge on any atom is -0.545 e. The highest BCUT2D eigenvalue weighted by atomic mass is 16.5. The zero-order chi connectivity index (χ0) is 20.8. The summed E-state index contributed by atoms with van der Waals surface area (Å²) in [5.74, 6) is -2.15. The summed E-state index contributed by atoms with van der Waals surface area (Å²) in [7, 11) is 0. The summed E-state index contributed by atoms with van der Waals surface area (Å²) < 4.78 is 4.93. The van der Waals surface area contributed by atoms with Crippen LogP contribution in [0.3, 0.4) is 0 Å². The molecule has 0 aliphatic rings. The first-order valence-electron chi connectivity index (χ1n) is 8.99. The molecule has 0 heterocycles. The number of carboxylic acid groups (broad SMARTS) is 1. The van der Waals surface area contributed by atoms with E-state index in [9.17, 15) is 19.5 Å². The van der Waals surface area contributed by atoms with Gasteiger partial charge in [-0.15, -0.1) is 0 Å². The summed E-state index contributed by atoms with van der Waals surface area (Å²) >= 11 is 0. The monoisotopic (exact) mass is 388 g/mol. The highest BCUT2D eigenvalue weighted by molar-refractivity contribution is 6.10. The molecule has 0 aliphatic heterocycles. The van der Waals surface area contributed by atoms with Crippen molar-refractivity contribution in [1.82, 2.24) is 0 Å². The van der Waals surface area contributed by atoms with Gasteiger partial charge in [-0.1, -0.05) is 42.5 Å². The fourth-order valence-electron chi connectivity index (χ4n) is 2.91. The van der Waals surface area contributed by atoms with E-state index in [2.05, 4.69) is 5.32 Å². The maximum atomic E-state index is 12.8. The van der Waals surface area contributed by atoms with Gasteiger partial charge >= 0.3 is 5.97 Å². The summed E-state index contributed by atoms with van der Waals surface area (Å²) in [6, 6.07) is 19.4. The molecule has 0 atom stereocenters. The van der Waals surface area contributed by atoms with Gasteiger partial charge < -0.3 is 20.0 Å². The maximum absolute atomic E-state index is 12.8. The van der Waals surface area contributed by atoms with Gasteiger partial charge in [-0.2, -0.15) is 0 Å². The van der Waals surface area contributed by atoms with Crippen molar-refractivity contribution >= 4 is 23.5 Å². The molecule has 0 bridgehead atoms. The molecule has 146 valence electrons. The molecule has 0 saturated heterocycles. The van der Waals surface area contributed by atoms with E-state index < -0.39 is 17.8 Å². The Morgan fingerprint density at radius 2 is 1.38 bits per heavy atom. The van der Waals surface area contributed by atoms with E-state index in [1.54, 1.807) is 73.7 Å². The number of aromatic carboxylic acids is 1. The number of ether oxygens (including phenoxy) is 1. The van der Waals surface area contributed by atoms with Crippen LogP contribution in [0.4, 0.5) is 5.69 Å². The number of carbonyl (C=O) groups is 3. The Balaban J connectivity index is 1.88. The Bertz CT molecular complexity index is 1060. The standard InChI is InChI=1S/C23H19NO5/c1-2-29-23(28)15-11-13-16(14-12-15)24-21(25)19-9-5-3-7-17(19)18-8-4-6-10-20(18)22(26)27/h3-14H,2H2,1H3,(H,24,25)(H,26,27)/p-1. The van der Waals surface area contributed by atoms with Gasteiger partial charge in [-0.05, 0) is 48.4 Å². The smallest absolute Gasteiger partial charge is 0.338 e. The average molecular weight is 388 g/mol. The fourth-order valence-corrected chi connectivity index (χ4v) is 2.91. The molecule has 3 aromatic rings. The summed E-state index contributed by atoms with van der Waals surface area (Å²) in [4.78, 5) is 36.0. The van der Waals surface area contributed by atoms with E-state index in [1.807, 2.05) is 0 Å². The van der Waals surface area contributed by atoms with Crippen molar-refractivity contribution in [1.29, 1.82) is 0 Å². The molecule has 1 amide bonds. The quantitative estimate of drug-likeness (QED) is 0.655. The third-order valence-corrected chi connectivity index (χ3v) is 4.26. The summed E-state index contributed by atoms with van der Waals surface area (Å²) in [6.07, 6.45) is 0. The fraction of sp³-hybridized carbons (Fsp3) is 0.0870. The maximum Gasteiger partial charge on any atom is 0.338 e. The molecule has 0 spiro atoms. The Morgan fingerprint density at radius 3 is 1.97 bits per heavy atom. The molecule has 3 rings (SSSR count). The number of benzene rings is 3. The van der Waals surface area contributed by atoms with E-state index in [-0.39, 0.29) is 12.2 Å². The van der Waals surface area contributed by atoms with Crippen LogP contribution in [0.5, 0.6) is 0 Å².